The Morgan fingerprint density at radius 2 is 1.86 bits per heavy atom. The van der Waals surface area contributed by atoms with Crippen LogP contribution in [-0.4, -0.2) is 57.8 Å². The van der Waals surface area contributed by atoms with E-state index in [0.29, 0.717) is 18.7 Å². The fraction of sp³-hybridized carbons (Fsp3) is 0.455. The number of hydrogen-bond donors (Lipinski definition) is 0. The first-order valence-electron chi connectivity index (χ1n) is 10.0. The molecule has 0 unspecified atom stereocenters. The van der Waals surface area contributed by atoms with E-state index in [1.165, 1.54) is 0 Å². The van der Waals surface area contributed by atoms with Gasteiger partial charge in [-0.25, -0.2) is 9.97 Å². The highest BCUT2D eigenvalue weighted by Crippen LogP contribution is 2.20. The fourth-order valence-corrected chi connectivity index (χ4v) is 3.39. The Labute approximate surface area is 166 Å². The van der Waals surface area contributed by atoms with Crippen LogP contribution in [0.25, 0.3) is 11.3 Å². The first kappa shape index (κ1) is 20.0. The van der Waals surface area contributed by atoms with E-state index in [1.807, 2.05) is 42.2 Å². The summed E-state index contributed by atoms with van der Waals surface area (Å²) in [7, 11) is 0. The molecule has 2 aromatic rings. The Balaban J connectivity index is 1.69. The van der Waals surface area contributed by atoms with Crippen LogP contribution in [0.1, 0.15) is 48.6 Å². The number of piperazine rings is 1. The number of amides is 2. The molecule has 2 heterocycles. The minimum absolute atomic E-state index is 0.0354. The summed E-state index contributed by atoms with van der Waals surface area (Å²) in [6, 6.07) is 9.43. The average Bonchev–Trinajstić information content (AvgIpc) is 2.72. The lowest BCUT2D eigenvalue weighted by molar-refractivity contribution is -0.135. The van der Waals surface area contributed by atoms with E-state index < -0.39 is 0 Å². The molecule has 6 heteroatoms. The molecule has 1 aliphatic rings. The second-order valence-corrected chi connectivity index (χ2v) is 7.18. The topological polar surface area (TPSA) is 66.4 Å². The van der Waals surface area contributed by atoms with Gasteiger partial charge in [0.15, 0.2) is 0 Å². The van der Waals surface area contributed by atoms with Crippen molar-refractivity contribution < 1.29 is 9.59 Å². The lowest BCUT2D eigenvalue weighted by atomic mass is 10.1. The third-order valence-corrected chi connectivity index (χ3v) is 5.07. The number of unbranched alkanes of at least 4 members (excludes halogenated alkanes) is 1. The van der Waals surface area contributed by atoms with Crippen molar-refractivity contribution in [3.05, 3.63) is 47.4 Å². The summed E-state index contributed by atoms with van der Waals surface area (Å²) >= 11 is 0. The van der Waals surface area contributed by atoms with Crippen molar-refractivity contribution in [2.45, 2.75) is 40.0 Å². The smallest absolute Gasteiger partial charge is 0.254 e. The summed E-state index contributed by atoms with van der Waals surface area (Å²) in [5.41, 5.74) is 3.42. The van der Waals surface area contributed by atoms with E-state index in [2.05, 4.69) is 23.8 Å². The van der Waals surface area contributed by atoms with Gasteiger partial charge in [-0.2, -0.15) is 0 Å². The van der Waals surface area contributed by atoms with Gasteiger partial charge >= 0.3 is 0 Å². The standard InChI is InChI=1S/C22H28N4O2/c1-4-6-11-25-12-13-26(15-21(25)27)22(28)18-9-7-17(8-10-18)20-14-19(5-2)23-16(3)24-20/h7-10,14H,4-6,11-13,15H2,1-3H3. The van der Waals surface area contributed by atoms with Gasteiger partial charge < -0.3 is 9.80 Å². The predicted octanol–water partition coefficient (Wildman–Crippen LogP) is 3.10. The van der Waals surface area contributed by atoms with Gasteiger partial charge in [0.05, 0.1) is 5.69 Å². The van der Waals surface area contributed by atoms with E-state index in [1.54, 1.807) is 4.90 Å². The Morgan fingerprint density at radius 1 is 1.11 bits per heavy atom. The molecule has 1 saturated heterocycles. The highest BCUT2D eigenvalue weighted by Gasteiger charge is 2.27. The first-order valence-corrected chi connectivity index (χ1v) is 10.0. The van der Waals surface area contributed by atoms with Crippen LogP contribution >= 0.6 is 0 Å². The molecule has 0 aliphatic carbocycles. The SMILES string of the molecule is CCCCN1CCN(C(=O)c2ccc(-c3cc(CC)nc(C)n3)cc2)CC1=O. The third kappa shape index (κ3) is 4.55. The number of hydrogen-bond acceptors (Lipinski definition) is 4. The van der Waals surface area contributed by atoms with Gasteiger partial charge in [0.2, 0.25) is 5.91 Å². The molecule has 28 heavy (non-hydrogen) atoms. The number of rotatable bonds is 6. The maximum absolute atomic E-state index is 12.8. The normalized spacial score (nSPS) is 14.5. The molecule has 0 bridgehead atoms. The third-order valence-electron chi connectivity index (χ3n) is 5.07. The van der Waals surface area contributed by atoms with Crippen molar-refractivity contribution in [2.75, 3.05) is 26.2 Å². The molecule has 1 aliphatic heterocycles. The first-order chi connectivity index (χ1) is 13.5. The van der Waals surface area contributed by atoms with Crippen LogP contribution in [0.5, 0.6) is 0 Å². The molecule has 1 fully saturated rings. The Hall–Kier alpha value is -2.76. The molecule has 1 aromatic carbocycles. The quantitative estimate of drug-likeness (QED) is 0.772. The number of aryl methyl sites for hydroxylation is 2. The van der Waals surface area contributed by atoms with Gasteiger partial charge in [-0.05, 0) is 38.0 Å². The Bertz CT molecular complexity index is 848. The van der Waals surface area contributed by atoms with Gasteiger partial charge in [-0.3, -0.25) is 9.59 Å². The van der Waals surface area contributed by atoms with Crippen molar-refractivity contribution in [3.8, 4) is 11.3 Å². The summed E-state index contributed by atoms with van der Waals surface area (Å²) in [5, 5.41) is 0. The summed E-state index contributed by atoms with van der Waals surface area (Å²) < 4.78 is 0. The zero-order valence-corrected chi connectivity index (χ0v) is 16.9. The Kier molecular flexibility index (Phi) is 6.39. The molecule has 0 saturated carbocycles. The highest BCUT2D eigenvalue weighted by molar-refractivity contribution is 5.97. The predicted molar refractivity (Wildman–Crippen MR) is 109 cm³/mol. The Morgan fingerprint density at radius 3 is 2.50 bits per heavy atom. The minimum Gasteiger partial charge on any atom is -0.339 e. The summed E-state index contributed by atoms with van der Waals surface area (Å²) in [6.45, 7) is 8.21. The van der Waals surface area contributed by atoms with Crippen LogP contribution < -0.4 is 0 Å². The van der Waals surface area contributed by atoms with Crippen molar-refractivity contribution in [1.29, 1.82) is 0 Å². The molecule has 0 radical (unpaired) electrons. The van der Waals surface area contributed by atoms with Crippen LogP contribution in [0.3, 0.4) is 0 Å². The van der Waals surface area contributed by atoms with Gasteiger partial charge in [-0.15, -0.1) is 0 Å². The average molecular weight is 380 g/mol. The van der Waals surface area contributed by atoms with Crippen molar-refractivity contribution >= 4 is 11.8 Å². The number of aromatic nitrogens is 2. The monoisotopic (exact) mass is 380 g/mol. The maximum Gasteiger partial charge on any atom is 0.254 e. The van der Waals surface area contributed by atoms with E-state index in [9.17, 15) is 9.59 Å². The summed E-state index contributed by atoms with van der Waals surface area (Å²) in [4.78, 5) is 37.5. The maximum atomic E-state index is 12.8. The van der Waals surface area contributed by atoms with Crippen molar-refractivity contribution in [2.24, 2.45) is 0 Å². The van der Waals surface area contributed by atoms with Crippen molar-refractivity contribution in [1.82, 2.24) is 19.8 Å². The number of nitrogens with zero attached hydrogens (tertiary/aromatic N) is 4. The highest BCUT2D eigenvalue weighted by atomic mass is 16.2. The fourth-order valence-electron chi connectivity index (χ4n) is 3.39. The van der Waals surface area contributed by atoms with Gasteiger partial charge in [0.25, 0.3) is 5.91 Å². The van der Waals surface area contributed by atoms with E-state index in [0.717, 1.165) is 48.6 Å². The summed E-state index contributed by atoms with van der Waals surface area (Å²) in [6.07, 6.45) is 2.92. The van der Waals surface area contributed by atoms with E-state index in [-0.39, 0.29) is 18.4 Å². The van der Waals surface area contributed by atoms with Crippen LogP contribution in [0.15, 0.2) is 30.3 Å². The van der Waals surface area contributed by atoms with Crippen LogP contribution in [0.2, 0.25) is 0 Å². The van der Waals surface area contributed by atoms with Crippen LogP contribution in [0, 0.1) is 6.92 Å². The molecule has 148 valence electrons. The molecule has 0 atom stereocenters. The zero-order valence-electron chi connectivity index (χ0n) is 16.9. The lowest BCUT2D eigenvalue weighted by Crippen LogP contribution is -2.52. The molecular formula is C22H28N4O2. The molecule has 1 aromatic heterocycles. The zero-order chi connectivity index (χ0) is 20.1. The number of carbonyl (C=O) groups excluding carboxylic acids is 2. The van der Waals surface area contributed by atoms with Crippen LogP contribution in [0.4, 0.5) is 0 Å². The lowest BCUT2D eigenvalue weighted by Gasteiger charge is -2.34. The molecule has 2 amide bonds. The van der Waals surface area contributed by atoms with Gasteiger partial charge in [0.1, 0.15) is 12.4 Å². The van der Waals surface area contributed by atoms with Gasteiger partial charge in [-0.1, -0.05) is 32.4 Å². The van der Waals surface area contributed by atoms with Gasteiger partial charge in [0, 0.05) is 36.5 Å². The summed E-state index contributed by atoms with van der Waals surface area (Å²) in [5.74, 6) is 0.686. The van der Waals surface area contributed by atoms with E-state index in [4.69, 9.17) is 0 Å². The number of carbonyl (C=O) groups is 2. The van der Waals surface area contributed by atoms with Crippen LogP contribution in [-0.2, 0) is 11.2 Å². The van der Waals surface area contributed by atoms with Crippen molar-refractivity contribution in [3.63, 3.8) is 0 Å². The molecule has 0 spiro atoms. The largest absolute Gasteiger partial charge is 0.339 e. The van der Waals surface area contributed by atoms with E-state index >= 15 is 0 Å². The minimum atomic E-state index is -0.0943. The second-order valence-electron chi connectivity index (χ2n) is 7.18. The molecular weight excluding hydrogens is 352 g/mol. The molecule has 6 nitrogen and oxygen atoms in total. The second kappa shape index (κ2) is 8.95. The molecule has 3 rings (SSSR count). The number of benzene rings is 1. The molecule has 0 N–H and O–H groups in total.